The van der Waals surface area contributed by atoms with Crippen molar-refractivity contribution in [2.75, 3.05) is 7.11 Å². The smallest absolute Gasteiger partial charge is 0.330 e. The third kappa shape index (κ3) is 3.14. The highest BCUT2D eigenvalue weighted by molar-refractivity contribution is 5.88. The van der Waals surface area contributed by atoms with Crippen LogP contribution in [0.5, 0.6) is 0 Å². The minimum Gasteiger partial charge on any atom is -0.467 e. The topological polar surface area (TPSA) is 81.4 Å². The summed E-state index contributed by atoms with van der Waals surface area (Å²) in [6.45, 7) is 9.55. The van der Waals surface area contributed by atoms with E-state index in [1.165, 1.54) is 7.11 Å². The summed E-state index contributed by atoms with van der Waals surface area (Å²) in [4.78, 5) is 24.2. The molecule has 5 heteroatoms. The Morgan fingerprint density at radius 2 is 1.85 bits per heavy atom. The van der Waals surface area contributed by atoms with Gasteiger partial charge in [0, 0.05) is 12.0 Å². The molecule has 0 saturated heterocycles. The van der Waals surface area contributed by atoms with E-state index in [2.05, 4.69) is 26.1 Å². The summed E-state index contributed by atoms with van der Waals surface area (Å²) < 4.78 is 4.72. The maximum absolute atomic E-state index is 12.5. The standard InChI is InChI=1S/C15H28N2O3/c1-9-11(16)8-7-10(14(9,2)3)12(18)17-15(4,5)13(19)20-6/h9-11H,7-8,16H2,1-6H3,(H,17,18). The molecule has 1 rings (SSSR count). The predicted molar refractivity (Wildman–Crippen MR) is 77.9 cm³/mol. The van der Waals surface area contributed by atoms with Gasteiger partial charge in [0.2, 0.25) is 5.91 Å². The lowest BCUT2D eigenvalue weighted by atomic mass is 9.61. The van der Waals surface area contributed by atoms with E-state index in [0.717, 1.165) is 12.8 Å². The molecule has 0 aromatic rings. The number of hydrogen-bond donors (Lipinski definition) is 2. The first-order valence-electron chi connectivity index (χ1n) is 7.20. The fourth-order valence-corrected chi connectivity index (χ4v) is 3.02. The fraction of sp³-hybridized carbons (Fsp3) is 0.867. The van der Waals surface area contributed by atoms with Gasteiger partial charge in [-0.2, -0.15) is 0 Å². The summed E-state index contributed by atoms with van der Waals surface area (Å²) >= 11 is 0. The fourth-order valence-electron chi connectivity index (χ4n) is 3.02. The van der Waals surface area contributed by atoms with Crippen LogP contribution in [-0.2, 0) is 14.3 Å². The molecule has 3 N–H and O–H groups in total. The molecule has 3 unspecified atom stereocenters. The average molecular weight is 284 g/mol. The van der Waals surface area contributed by atoms with Crippen molar-refractivity contribution >= 4 is 11.9 Å². The van der Waals surface area contributed by atoms with Crippen molar-refractivity contribution in [1.29, 1.82) is 0 Å². The number of ether oxygens (including phenoxy) is 1. The van der Waals surface area contributed by atoms with Crippen LogP contribution in [0, 0.1) is 17.3 Å². The van der Waals surface area contributed by atoms with Gasteiger partial charge < -0.3 is 15.8 Å². The number of nitrogens with two attached hydrogens (primary N) is 1. The van der Waals surface area contributed by atoms with E-state index < -0.39 is 11.5 Å². The normalized spacial score (nSPS) is 29.6. The zero-order valence-electron chi connectivity index (χ0n) is 13.4. The molecule has 0 spiro atoms. The van der Waals surface area contributed by atoms with Gasteiger partial charge in [-0.1, -0.05) is 20.8 Å². The predicted octanol–water partition coefficient (Wildman–Crippen LogP) is 1.45. The molecule has 20 heavy (non-hydrogen) atoms. The van der Waals surface area contributed by atoms with Gasteiger partial charge >= 0.3 is 5.97 Å². The first kappa shape index (κ1) is 17.0. The van der Waals surface area contributed by atoms with Crippen LogP contribution in [0.1, 0.15) is 47.5 Å². The van der Waals surface area contributed by atoms with E-state index in [-0.39, 0.29) is 29.2 Å². The van der Waals surface area contributed by atoms with Gasteiger partial charge in [-0.15, -0.1) is 0 Å². The molecule has 0 aromatic heterocycles. The number of carbonyl (C=O) groups excluding carboxylic acids is 2. The Hall–Kier alpha value is -1.10. The first-order valence-corrected chi connectivity index (χ1v) is 7.20. The molecule has 0 aromatic carbocycles. The van der Waals surface area contributed by atoms with Gasteiger partial charge in [0.25, 0.3) is 0 Å². The largest absolute Gasteiger partial charge is 0.467 e. The number of esters is 1. The molecule has 0 heterocycles. The highest BCUT2D eigenvalue weighted by Crippen LogP contribution is 2.44. The van der Waals surface area contributed by atoms with Crippen molar-refractivity contribution in [3.8, 4) is 0 Å². The molecule has 1 amide bonds. The lowest BCUT2D eigenvalue weighted by Gasteiger charge is -2.46. The van der Waals surface area contributed by atoms with Gasteiger partial charge in [-0.3, -0.25) is 4.79 Å². The molecule has 1 aliphatic carbocycles. The van der Waals surface area contributed by atoms with Crippen molar-refractivity contribution in [2.45, 2.75) is 59.0 Å². The van der Waals surface area contributed by atoms with Crippen LogP contribution in [0.3, 0.4) is 0 Å². The number of hydrogen-bond acceptors (Lipinski definition) is 4. The Morgan fingerprint density at radius 3 is 2.35 bits per heavy atom. The maximum Gasteiger partial charge on any atom is 0.330 e. The van der Waals surface area contributed by atoms with Crippen molar-refractivity contribution in [3.05, 3.63) is 0 Å². The van der Waals surface area contributed by atoms with Crippen LogP contribution in [-0.4, -0.2) is 30.6 Å². The first-order chi connectivity index (χ1) is 9.04. The van der Waals surface area contributed by atoms with Crippen LogP contribution in [0.4, 0.5) is 0 Å². The van der Waals surface area contributed by atoms with E-state index in [0.29, 0.717) is 0 Å². The molecule has 1 aliphatic rings. The summed E-state index contributed by atoms with van der Waals surface area (Å²) in [5.74, 6) is -0.414. The number of nitrogens with one attached hydrogen (secondary N) is 1. The Kier molecular flexibility index (Phi) is 4.85. The summed E-state index contributed by atoms with van der Waals surface area (Å²) in [6.07, 6.45) is 1.59. The second-order valence-electron chi connectivity index (χ2n) is 7.01. The summed E-state index contributed by atoms with van der Waals surface area (Å²) in [6, 6.07) is 0.127. The number of amides is 1. The minimum absolute atomic E-state index is 0.0934. The van der Waals surface area contributed by atoms with Crippen LogP contribution in [0.2, 0.25) is 0 Å². The van der Waals surface area contributed by atoms with Crippen molar-refractivity contribution < 1.29 is 14.3 Å². The van der Waals surface area contributed by atoms with E-state index in [4.69, 9.17) is 10.5 Å². The molecule has 1 fully saturated rings. The third-order valence-electron chi connectivity index (χ3n) is 4.95. The molecule has 5 nitrogen and oxygen atoms in total. The molecular weight excluding hydrogens is 256 g/mol. The zero-order valence-corrected chi connectivity index (χ0v) is 13.4. The van der Waals surface area contributed by atoms with E-state index in [9.17, 15) is 9.59 Å². The van der Waals surface area contributed by atoms with Gasteiger partial charge in [0.15, 0.2) is 0 Å². The van der Waals surface area contributed by atoms with E-state index in [1.54, 1.807) is 13.8 Å². The Balaban J connectivity index is 2.85. The highest BCUT2D eigenvalue weighted by atomic mass is 16.5. The maximum atomic E-state index is 12.5. The van der Waals surface area contributed by atoms with Crippen molar-refractivity contribution in [3.63, 3.8) is 0 Å². The Bertz CT molecular complexity index is 391. The van der Waals surface area contributed by atoms with Crippen LogP contribution >= 0.6 is 0 Å². The summed E-state index contributed by atoms with van der Waals surface area (Å²) in [5.41, 5.74) is 4.91. The van der Waals surface area contributed by atoms with Crippen LogP contribution < -0.4 is 11.1 Å². The molecule has 1 saturated carbocycles. The molecule has 0 radical (unpaired) electrons. The highest BCUT2D eigenvalue weighted by Gasteiger charge is 2.46. The summed E-state index contributed by atoms with van der Waals surface area (Å²) in [5, 5.41) is 2.81. The third-order valence-corrected chi connectivity index (χ3v) is 4.95. The van der Waals surface area contributed by atoms with Crippen molar-refractivity contribution in [2.24, 2.45) is 23.0 Å². The number of methoxy groups -OCH3 is 1. The molecular formula is C15H28N2O3. The Labute approximate surface area is 121 Å². The Morgan fingerprint density at radius 1 is 1.30 bits per heavy atom. The lowest BCUT2D eigenvalue weighted by molar-refractivity contribution is -0.151. The average Bonchev–Trinajstić information content (AvgIpc) is 2.34. The van der Waals surface area contributed by atoms with Crippen LogP contribution in [0.25, 0.3) is 0 Å². The zero-order chi connectivity index (χ0) is 15.7. The minimum atomic E-state index is -1.01. The summed E-state index contributed by atoms with van der Waals surface area (Å²) in [7, 11) is 1.32. The quantitative estimate of drug-likeness (QED) is 0.769. The van der Waals surface area contributed by atoms with Gasteiger partial charge in [-0.05, 0) is 38.0 Å². The molecule has 3 atom stereocenters. The van der Waals surface area contributed by atoms with Gasteiger partial charge in [0.05, 0.1) is 7.11 Å². The van der Waals surface area contributed by atoms with E-state index in [1.807, 2.05) is 0 Å². The number of rotatable bonds is 3. The van der Waals surface area contributed by atoms with Crippen molar-refractivity contribution in [1.82, 2.24) is 5.32 Å². The second-order valence-corrected chi connectivity index (χ2v) is 7.01. The monoisotopic (exact) mass is 284 g/mol. The SMILES string of the molecule is COC(=O)C(C)(C)NC(=O)C1CCC(N)C(C)C1(C)C. The molecule has 0 aliphatic heterocycles. The lowest BCUT2D eigenvalue weighted by Crippen LogP contribution is -2.57. The van der Waals surface area contributed by atoms with Gasteiger partial charge in [0.1, 0.15) is 5.54 Å². The second kappa shape index (κ2) is 5.72. The molecule has 116 valence electrons. The molecule has 0 bridgehead atoms. The van der Waals surface area contributed by atoms with Crippen LogP contribution in [0.15, 0.2) is 0 Å². The number of carbonyl (C=O) groups is 2. The van der Waals surface area contributed by atoms with E-state index >= 15 is 0 Å². The van der Waals surface area contributed by atoms with Gasteiger partial charge in [-0.25, -0.2) is 4.79 Å².